The van der Waals surface area contributed by atoms with Crippen LogP contribution in [0.2, 0.25) is 10.2 Å². The van der Waals surface area contributed by atoms with Gasteiger partial charge in [0.1, 0.15) is 0 Å². The smallest absolute Gasteiger partial charge is 0.197 e. The molecular weight excluding hydrogens is 313 g/mol. The van der Waals surface area contributed by atoms with Crippen LogP contribution in [0.5, 0.6) is 0 Å². The van der Waals surface area contributed by atoms with E-state index in [4.69, 9.17) is 27.6 Å². The lowest BCUT2D eigenvalue weighted by Crippen LogP contribution is -1.95. The van der Waals surface area contributed by atoms with Gasteiger partial charge < -0.3 is 4.42 Å². The van der Waals surface area contributed by atoms with E-state index in [1.54, 1.807) is 18.7 Å². The van der Waals surface area contributed by atoms with Crippen molar-refractivity contribution < 1.29 is 4.42 Å². The molecule has 0 radical (unpaired) electrons. The van der Waals surface area contributed by atoms with Crippen LogP contribution >= 0.6 is 39.1 Å². The summed E-state index contributed by atoms with van der Waals surface area (Å²) >= 11 is 15.5. The summed E-state index contributed by atoms with van der Waals surface area (Å²) < 4.78 is 5.04. The highest BCUT2D eigenvalue weighted by Crippen LogP contribution is 2.34. The van der Waals surface area contributed by atoms with Crippen molar-refractivity contribution in [3.8, 4) is 0 Å². The number of alkyl halides is 1. The molecule has 2 aromatic rings. The van der Waals surface area contributed by atoms with Crippen molar-refractivity contribution in [3.63, 3.8) is 0 Å². The molecule has 0 aromatic carbocycles. The van der Waals surface area contributed by atoms with E-state index in [0.29, 0.717) is 10.2 Å². The molecule has 0 aliphatic carbocycles. The summed E-state index contributed by atoms with van der Waals surface area (Å²) in [5, 5.41) is 1.07. The first-order valence-electron chi connectivity index (χ1n) is 4.64. The summed E-state index contributed by atoms with van der Waals surface area (Å²) in [5.41, 5.74) is 1.95. The fourth-order valence-electron chi connectivity index (χ4n) is 1.40. The molecule has 1 atom stereocenters. The number of halogens is 3. The second-order valence-corrected chi connectivity index (χ2v) is 5.14. The van der Waals surface area contributed by atoms with E-state index in [2.05, 4.69) is 20.9 Å². The number of furan rings is 1. The van der Waals surface area contributed by atoms with E-state index in [-0.39, 0.29) is 4.83 Å². The third kappa shape index (κ3) is 2.59. The van der Waals surface area contributed by atoms with Gasteiger partial charge >= 0.3 is 0 Å². The van der Waals surface area contributed by atoms with E-state index >= 15 is 0 Å². The molecule has 0 fully saturated rings. The van der Waals surface area contributed by atoms with E-state index in [9.17, 15) is 0 Å². The van der Waals surface area contributed by atoms with Gasteiger partial charge in [0, 0.05) is 22.8 Å². The topological polar surface area (TPSA) is 26.0 Å². The van der Waals surface area contributed by atoms with Gasteiger partial charge in [0.15, 0.2) is 5.22 Å². The van der Waals surface area contributed by atoms with Crippen molar-refractivity contribution in [1.29, 1.82) is 0 Å². The van der Waals surface area contributed by atoms with Gasteiger partial charge in [-0.05, 0) is 35.7 Å². The molecule has 0 amide bonds. The van der Waals surface area contributed by atoms with Gasteiger partial charge in [-0.15, -0.1) is 0 Å². The van der Waals surface area contributed by atoms with Crippen molar-refractivity contribution in [2.75, 3.05) is 0 Å². The van der Waals surface area contributed by atoms with Crippen molar-refractivity contribution in [2.45, 2.75) is 11.2 Å². The van der Waals surface area contributed by atoms with Crippen LogP contribution in [0.1, 0.15) is 16.0 Å². The Morgan fingerprint density at radius 3 is 2.81 bits per heavy atom. The van der Waals surface area contributed by atoms with Crippen LogP contribution in [-0.2, 0) is 6.42 Å². The van der Waals surface area contributed by atoms with Crippen LogP contribution < -0.4 is 0 Å². The van der Waals surface area contributed by atoms with Gasteiger partial charge in [0.25, 0.3) is 0 Å². The third-order valence-corrected chi connectivity index (χ3v) is 3.70. The molecule has 16 heavy (non-hydrogen) atoms. The number of rotatable bonds is 3. The van der Waals surface area contributed by atoms with Crippen LogP contribution in [0.4, 0.5) is 0 Å². The molecule has 5 heteroatoms. The van der Waals surface area contributed by atoms with Crippen molar-refractivity contribution in [2.24, 2.45) is 0 Å². The average molecular weight is 321 g/mol. The lowest BCUT2D eigenvalue weighted by molar-refractivity contribution is 0.565. The SMILES string of the molecule is Clc1cnccc1CC(Br)c1ccoc1Cl. The van der Waals surface area contributed by atoms with E-state index in [0.717, 1.165) is 17.5 Å². The standard InChI is InChI=1S/C11H8BrCl2NO/c12-9(8-2-4-16-11(8)14)5-7-1-3-15-6-10(7)13/h1-4,6,9H,5H2. The number of hydrogen-bond donors (Lipinski definition) is 0. The predicted molar refractivity (Wildman–Crippen MR) is 68.3 cm³/mol. The number of aromatic nitrogens is 1. The van der Waals surface area contributed by atoms with Gasteiger partial charge in [-0.2, -0.15) is 0 Å². The Hall–Kier alpha value is -0.510. The highest BCUT2D eigenvalue weighted by Gasteiger charge is 2.15. The molecule has 0 N–H and O–H groups in total. The molecule has 84 valence electrons. The summed E-state index contributed by atoms with van der Waals surface area (Å²) in [5.74, 6) is 0. The maximum atomic E-state index is 6.03. The molecule has 2 nitrogen and oxygen atoms in total. The van der Waals surface area contributed by atoms with Crippen LogP contribution in [0.25, 0.3) is 0 Å². The third-order valence-electron chi connectivity index (χ3n) is 2.24. The molecule has 0 saturated heterocycles. The first-order chi connectivity index (χ1) is 7.68. The Labute approximate surface area is 112 Å². The summed E-state index contributed by atoms with van der Waals surface area (Å²) in [6.07, 6.45) is 5.66. The molecule has 2 heterocycles. The van der Waals surface area contributed by atoms with E-state index < -0.39 is 0 Å². The highest BCUT2D eigenvalue weighted by molar-refractivity contribution is 9.09. The zero-order chi connectivity index (χ0) is 11.5. The molecular formula is C11H8BrCl2NO. The Balaban J connectivity index is 2.17. The molecule has 2 aromatic heterocycles. The van der Waals surface area contributed by atoms with Crippen LogP contribution in [0.3, 0.4) is 0 Å². The van der Waals surface area contributed by atoms with Crippen molar-refractivity contribution in [1.82, 2.24) is 4.98 Å². The maximum absolute atomic E-state index is 6.03. The van der Waals surface area contributed by atoms with E-state index in [1.807, 2.05) is 12.1 Å². The molecule has 0 bridgehead atoms. The minimum Gasteiger partial charge on any atom is -0.453 e. The fourth-order valence-corrected chi connectivity index (χ4v) is 2.68. The molecule has 0 aliphatic heterocycles. The zero-order valence-electron chi connectivity index (χ0n) is 8.16. The van der Waals surface area contributed by atoms with Crippen LogP contribution in [0.15, 0.2) is 35.2 Å². The van der Waals surface area contributed by atoms with Crippen LogP contribution in [0, 0.1) is 0 Å². The van der Waals surface area contributed by atoms with Gasteiger partial charge in [0.05, 0.1) is 11.3 Å². The van der Waals surface area contributed by atoms with Gasteiger partial charge in [-0.3, -0.25) is 4.98 Å². The number of pyridine rings is 1. The highest BCUT2D eigenvalue weighted by atomic mass is 79.9. The molecule has 2 rings (SSSR count). The lowest BCUT2D eigenvalue weighted by atomic mass is 10.1. The largest absolute Gasteiger partial charge is 0.453 e. The molecule has 0 aliphatic rings. The van der Waals surface area contributed by atoms with Crippen molar-refractivity contribution in [3.05, 3.63) is 52.2 Å². The molecule has 1 unspecified atom stereocenters. The monoisotopic (exact) mass is 319 g/mol. The van der Waals surface area contributed by atoms with Crippen molar-refractivity contribution >= 4 is 39.1 Å². The zero-order valence-corrected chi connectivity index (χ0v) is 11.3. The Kier molecular flexibility index (Phi) is 3.90. The quantitative estimate of drug-likeness (QED) is 0.769. The normalized spacial score (nSPS) is 12.7. The van der Waals surface area contributed by atoms with Gasteiger partial charge in [-0.1, -0.05) is 27.5 Å². The Bertz CT molecular complexity index is 486. The summed E-state index contributed by atoms with van der Waals surface area (Å²) in [6, 6.07) is 3.74. The fraction of sp³-hybridized carbons (Fsp3) is 0.182. The molecule has 0 spiro atoms. The second-order valence-electron chi connectivity index (χ2n) is 3.29. The maximum Gasteiger partial charge on any atom is 0.197 e. The van der Waals surface area contributed by atoms with Gasteiger partial charge in [-0.25, -0.2) is 0 Å². The Morgan fingerprint density at radius 1 is 1.38 bits per heavy atom. The predicted octanol–water partition coefficient (Wildman–Crippen LogP) is 4.66. The lowest BCUT2D eigenvalue weighted by Gasteiger charge is -2.09. The second kappa shape index (κ2) is 5.21. The minimum atomic E-state index is 0.0821. The first kappa shape index (κ1) is 12.0. The number of nitrogens with zero attached hydrogens (tertiary/aromatic N) is 1. The van der Waals surface area contributed by atoms with Gasteiger partial charge in [0.2, 0.25) is 0 Å². The Morgan fingerprint density at radius 2 is 2.19 bits per heavy atom. The van der Waals surface area contributed by atoms with E-state index in [1.165, 1.54) is 0 Å². The summed E-state index contributed by atoms with van der Waals surface area (Å²) in [6.45, 7) is 0. The summed E-state index contributed by atoms with van der Waals surface area (Å²) in [4.78, 5) is 4.02. The molecule has 0 saturated carbocycles. The minimum absolute atomic E-state index is 0.0821. The average Bonchev–Trinajstić information content (AvgIpc) is 2.68. The first-order valence-corrected chi connectivity index (χ1v) is 6.31. The van der Waals surface area contributed by atoms with Crippen LogP contribution in [-0.4, -0.2) is 4.98 Å². The summed E-state index contributed by atoms with van der Waals surface area (Å²) in [7, 11) is 0. The number of hydrogen-bond acceptors (Lipinski definition) is 2.